The van der Waals surface area contributed by atoms with Crippen molar-refractivity contribution in [1.29, 1.82) is 0 Å². The fourth-order valence-corrected chi connectivity index (χ4v) is 3.75. The molecular formula is C20H23ClN2O5. The van der Waals surface area contributed by atoms with E-state index in [1.807, 2.05) is 0 Å². The van der Waals surface area contributed by atoms with Crippen LogP contribution in [0.25, 0.3) is 10.8 Å². The van der Waals surface area contributed by atoms with Gasteiger partial charge in [-0.05, 0) is 37.8 Å². The number of nitrogens with zero attached hydrogens (tertiary/aromatic N) is 2. The summed E-state index contributed by atoms with van der Waals surface area (Å²) in [5, 5.41) is 21.6. The molecule has 1 heterocycles. The summed E-state index contributed by atoms with van der Waals surface area (Å²) in [6.45, 7) is 5.65. The molecule has 2 aromatic carbocycles. The average molecular weight is 407 g/mol. The monoisotopic (exact) mass is 406 g/mol. The molecule has 28 heavy (non-hydrogen) atoms. The van der Waals surface area contributed by atoms with Gasteiger partial charge < -0.3 is 9.84 Å². The van der Waals surface area contributed by atoms with Crippen molar-refractivity contribution >= 4 is 40.1 Å². The molecule has 7 nitrogen and oxygen atoms in total. The Labute approximate surface area is 168 Å². The van der Waals surface area contributed by atoms with Crippen LogP contribution >= 0.6 is 11.6 Å². The van der Waals surface area contributed by atoms with E-state index in [0.29, 0.717) is 28.1 Å². The minimum absolute atomic E-state index is 0.159. The van der Waals surface area contributed by atoms with Crippen LogP contribution in [0, 0.1) is 0 Å². The minimum Gasteiger partial charge on any atom is -0.507 e. The predicted molar refractivity (Wildman–Crippen MR) is 107 cm³/mol. The maximum Gasteiger partial charge on any atom is 0.414 e. The van der Waals surface area contributed by atoms with E-state index in [0.717, 1.165) is 5.56 Å². The van der Waals surface area contributed by atoms with Gasteiger partial charge in [0, 0.05) is 36.8 Å². The molecule has 0 radical (unpaired) electrons. The summed E-state index contributed by atoms with van der Waals surface area (Å²) < 4.78 is 5.49. The fourth-order valence-electron chi connectivity index (χ4n) is 3.50. The van der Waals surface area contributed by atoms with Crippen LogP contribution < -0.4 is 4.90 Å². The van der Waals surface area contributed by atoms with Crippen LogP contribution in [0.3, 0.4) is 0 Å². The number of amides is 2. The van der Waals surface area contributed by atoms with Crippen molar-refractivity contribution in [3.63, 3.8) is 0 Å². The second-order valence-electron chi connectivity index (χ2n) is 7.83. The van der Waals surface area contributed by atoms with E-state index >= 15 is 0 Å². The van der Waals surface area contributed by atoms with Crippen molar-refractivity contribution in [3.8, 4) is 5.75 Å². The van der Waals surface area contributed by atoms with Gasteiger partial charge in [0.2, 0.25) is 0 Å². The standard InChI is InChI=1S/C20H23ClN2O5/c1-20(2,3)28-19(26)23-10-11(9-21)16-12-6-5-7-13(18(25)22(4)27)17(12)15(24)8-14(16)23/h5-8,11,24,27H,9-10H2,1-4H3. The van der Waals surface area contributed by atoms with Gasteiger partial charge in [-0.1, -0.05) is 12.1 Å². The number of hydrogen-bond donors (Lipinski definition) is 2. The lowest BCUT2D eigenvalue weighted by Gasteiger charge is -2.25. The number of aromatic hydroxyl groups is 1. The first-order valence-electron chi connectivity index (χ1n) is 8.87. The van der Waals surface area contributed by atoms with Crippen molar-refractivity contribution in [2.24, 2.45) is 0 Å². The molecule has 8 heteroatoms. The van der Waals surface area contributed by atoms with E-state index in [1.165, 1.54) is 24.1 Å². The number of alkyl halides is 1. The summed E-state index contributed by atoms with van der Waals surface area (Å²) >= 11 is 6.18. The van der Waals surface area contributed by atoms with E-state index < -0.39 is 17.6 Å². The van der Waals surface area contributed by atoms with Gasteiger partial charge in [-0.25, -0.2) is 9.86 Å². The quantitative estimate of drug-likeness (QED) is 0.445. The Bertz CT molecular complexity index is 952. The van der Waals surface area contributed by atoms with Crippen molar-refractivity contribution < 1.29 is 24.6 Å². The van der Waals surface area contributed by atoms with Crippen molar-refractivity contribution in [3.05, 3.63) is 35.4 Å². The maximum absolute atomic E-state index is 12.7. The fraction of sp³-hybridized carbons (Fsp3) is 0.400. The molecule has 3 rings (SSSR count). The van der Waals surface area contributed by atoms with Gasteiger partial charge in [0.25, 0.3) is 5.91 Å². The summed E-state index contributed by atoms with van der Waals surface area (Å²) in [7, 11) is 1.22. The van der Waals surface area contributed by atoms with Crippen LogP contribution in [0.1, 0.15) is 42.6 Å². The summed E-state index contributed by atoms with van der Waals surface area (Å²) in [5.74, 6) is -0.748. The average Bonchev–Trinajstić information content (AvgIpc) is 2.98. The molecular weight excluding hydrogens is 384 g/mol. The number of fused-ring (bicyclic) bond motifs is 3. The minimum atomic E-state index is -0.666. The van der Waals surface area contributed by atoms with Crippen LogP contribution in [-0.2, 0) is 4.74 Å². The third-order valence-corrected chi connectivity index (χ3v) is 4.96. The number of phenolic OH excluding ortho intramolecular Hbond substituents is 1. The number of rotatable bonds is 2. The van der Waals surface area contributed by atoms with Gasteiger partial charge >= 0.3 is 6.09 Å². The number of ether oxygens (including phenoxy) is 1. The topological polar surface area (TPSA) is 90.3 Å². The van der Waals surface area contributed by atoms with E-state index in [-0.39, 0.29) is 23.1 Å². The van der Waals surface area contributed by atoms with Crippen molar-refractivity contribution in [2.45, 2.75) is 32.3 Å². The van der Waals surface area contributed by atoms with Gasteiger partial charge in [0.1, 0.15) is 11.4 Å². The Morgan fingerprint density at radius 2 is 2.04 bits per heavy atom. The molecule has 0 aliphatic carbocycles. The van der Waals surface area contributed by atoms with E-state index in [9.17, 15) is 19.9 Å². The van der Waals surface area contributed by atoms with Gasteiger partial charge in [0.05, 0.1) is 11.3 Å². The highest BCUT2D eigenvalue weighted by Crippen LogP contribution is 2.46. The predicted octanol–water partition coefficient (Wildman–Crippen LogP) is 4.08. The number of phenols is 1. The summed E-state index contributed by atoms with van der Waals surface area (Å²) in [5.41, 5.74) is 0.767. The molecule has 0 aromatic heterocycles. The molecule has 0 saturated heterocycles. The van der Waals surface area contributed by atoms with Crippen LogP contribution in [-0.4, -0.2) is 52.5 Å². The first-order valence-corrected chi connectivity index (χ1v) is 9.40. The van der Waals surface area contributed by atoms with Gasteiger partial charge in [0.15, 0.2) is 0 Å². The Balaban J connectivity index is 2.21. The largest absolute Gasteiger partial charge is 0.507 e. The molecule has 1 aliphatic heterocycles. The number of hydrogen-bond acceptors (Lipinski definition) is 5. The normalized spacial score (nSPS) is 16.2. The molecule has 0 fully saturated rings. The molecule has 150 valence electrons. The molecule has 0 spiro atoms. The Kier molecular flexibility index (Phi) is 5.16. The molecule has 1 aliphatic rings. The zero-order valence-corrected chi connectivity index (χ0v) is 16.9. The highest BCUT2D eigenvalue weighted by atomic mass is 35.5. The zero-order chi connectivity index (χ0) is 20.8. The van der Waals surface area contributed by atoms with Crippen LogP contribution in [0.2, 0.25) is 0 Å². The SMILES string of the molecule is CN(O)C(=O)c1cccc2c3c(cc(O)c12)N(C(=O)OC(C)(C)C)CC3CCl. The second-order valence-corrected chi connectivity index (χ2v) is 8.14. The Morgan fingerprint density at radius 3 is 2.61 bits per heavy atom. The molecule has 1 unspecified atom stereocenters. The number of carbonyl (C=O) groups is 2. The summed E-state index contributed by atoms with van der Waals surface area (Å²) in [6.07, 6.45) is -0.526. The van der Waals surface area contributed by atoms with Crippen molar-refractivity contribution in [2.75, 3.05) is 24.4 Å². The lowest BCUT2D eigenvalue weighted by molar-refractivity contribution is -0.0373. The lowest BCUT2D eigenvalue weighted by Crippen LogP contribution is -2.36. The van der Waals surface area contributed by atoms with E-state index in [2.05, 4.69) is 0 Å². The molecule has 2 aromatic rings. The molecule has 2 amide bonds. The number of carbonyl (C=O) groups excluding carboxylic acids is 2. The third kappa shape index (κ3) is 3.47. The van der Waals surface area contributed by atoms with Gasteiger partial charge in [-0.15, -0.1) is 11.6 Å². The Hall–Kier alpha value is -2.51. The van der Waals surface area contributed by atoms with Crippen LogP contribution in [0.4, 0.5) is 10.5 Å². The Morgan fingerprint density at radius 1 is 1.36 bits per heavy atom. The number of anilines is 1. The number of hydroxylamine groups is 2. The number of benzene rings is 2. The molecule has 0 bridgehead atoms. The second kappa shape index (κ2) is 7.14. The highest BCUT2D eigenvalue weighted by Gasteiger charge is 2.37. The summed E-state index contributed by atoms with van der Waals surface area (Å²) in [4.78, 5) is 26.5. The molecule has 1 atom stereocenters. The first-order chi connectivity index (χ1) is 13.0. The van der Waals surface area contributed by atoms with Gasteiger partial charge in [-0.2, -0.15) is 0 Å². The molecule has 2 N–H and O–H groups in total. The lowest BCUT2D eigenvalue weighted by atomic mass is 9.93. The summed E-state index contributed by atoms with van der Waals surface area (Å²) in [6, 6.07) is 6.41. The number of halogens is 1. The van der Waals surface area contributed by atoms with Crippen molar-refractivity contribution in [1.82, 2.24) is 5.06 Å². The zero-order valence-electron chi connectivity index (χ0n) is 16.2. The smallest absolute Gasteiger partial charge is 0.414 e. The third-order valence-electron chi connectivity index (χ3n) is 4.59. The first kappa shape index (κ1) is 20.2. The van der Waals surface area contributed by atoms with E-state index in [4.69, 9.17) is 16.3 Å². The maximum atomic E-state index is 12.7. The highest BCUT2D eigenvalue weighted by molar-refractivity contribution is 6.19. The van der Waals surface area contributed by atoms with Gasteiger partial charge in [-0.3, -0.25) is 14.9 Å². The molecule has 0 saturated carbocycles. The van der Waals surface area contributed by atoms with Crippen LogP contribution in [0.5, 0.6) is 5.75 Å². The van der Waals surface area contributed by atoms with Crippen LogP contribution in [0.15, 0.2) is 24.3 Å². The van der Waals surface area contributed by atoms with E-state index in [1.54, 1.807) is 32.9 Å².